The van der Waals surface area contributed by atoms with Crippen LogP contribution in [-0.4, -0.2) is 38.1 Å². The monoisotopic (exact) mass is 1280 g/mol. The summed E-state index contributed by atoms with van der Waals surface area (Å²) in [6.45, 7) is 6.37. The molecule has 0 amide bonds. The number of hydrogen-bond donors (Lipinski definition) is 0. The Bertz CT molecular complexity index is 2360. The van der Waals surface area contributed by atoms with Gasteiger partial charge in [-0.15, -0.1) is 47.5 Å². The van der Waals surface area contributed by atoms with E-state index in [1.807, 2.05) is 30.3 Å². The molecule has 0 saturated heterocycles. The normalized spacial score (nSPS) is 10.4. The van der Waals surface area contributed by atoms with E-state index >= 15 is 17.6 Å². The van der Waals surface area contributed by atoms with Crippen molar-refractivity contribution in [2.24, 2.45) is 0 Å². The molecular formula is C50H46Cl2F4IrN5O2Pt. The Morgan fingerprint density at radius 2 is 0.954 bits per heavy atom. The first-order valence-electron chi connectivity index (χ1n) is 20.7. The molecule has 7 aromatic rings. The third kappa shape index (κ3) is 15.2. The van der Waals surface area contributed by atoms with E-state index in [2.05, 4.69) is 89.0 Å². The van der Waals surface area contributed by atoms with Crippen LogP contribution < -0.4 is 9.47 Å². The van der Waals surface area contributed by atoms with Gasteiger partial charge >= 0.3 is 55.7 Å². The van der Waals surface area contributed by atoms with Crippen LogP contribution in [0.15, 0.2) is 104 Å². The molecule has 7 nitrogen and oxygen atoms in total. The van der Waals surface area contributed by atoms with Crippen molar-refractivity contribution in [2.45, 2.75) is 72.1 Å². The van der Waals surface area contributed by atoms with Crippen LogP contribution in [-0.2, 0) is 36.7 Å². The van der Waals surface area contributed by atoms with Gasteiger partial charge in [0.2, 0.25) is 0 Å². The molecule has 344 valence electrons. The quantitative estimate of drug-likeness (QED) is 0.0510. The van der Waals surface area contributed by atoms with Crippen LogP contribution in [0.25, 0.3) is 56.3 Å². The van der Waals surface area contributed by atoms with E-state index in [1.54, 1.807) is 61.4 Å². The Labute approximate surface area is 408 Å². The summed E-state index contributed by atoms with van der Waals surface area (Å²) in [7, 11) is 9.25. The number of aryl methyl sites for hydroxylation is 1. The van der Waals surface area contributed by atoms with Crippen LogP contribution in [0.1, 0.15) is 70.8 Å². The van der Waals surface area contributed by atoms with E-state index < -0.39 is 34.8 Å². The van der Waals surface area contributed by atoms with E-state index in [4.69, 9.17) is 9.47 Å². The van der Waals surface area contributed by atoms with Crippen molar-refractivity contribution < 1.29 is 63.7 Å². The fraction of sp³-hybridized carbons (Fsp3) is 0.260. The fourth-order valence-electron chi connectivity index (χ4n) is 6.32. The van der Waals surface area contributed by atoms with Crippen LogP contribution in [0, 0.1) is 48.4 Å². The average molecular weight is 1280 g/mol. The number of ether oxygens (including phenoxy) is 2. The molecule has 15 heteroatoms. The minimum absolute atomic E-state index is 0.0379. The molecule has 0 aliphatic heterocycles. The average Bonchev–Trinajstić information content (AvgIpc) is 3.36. The molecule has 4 aromatic heterocycles. The standard InChI is InChI=1S/C38H36F4N4O2.C12H10N.2ClH.Ir.Pt/c1-3-5-7-13-19-47-37-33(39)25(29-15-9-11-17-43-29)21-27(35(37)41)31-23-32(46-24-45-31)28-22-26(30-16-10-12-18-44-30)34(40)38(36(28)42)48-20-14-8-6-4-2;1-10-5-7-11(8-6-10)12-4-2-3-9-13-12;;;;/h9-12,15-18,23-24H,3-8,13-14,19-20H2,1-2H3;2-7,9H,1H3;2*1H;;/q-2;-1;;;+3;+2/p-2. The van der Waals surface area contributed by atoms with Gasteiger partial charge in [-0.1, -0.05) is 124 Å². The first-order chi connectivity index (χ1) is 31.8. The number of pyridine rings is 3. The van der Waals surface area contributed by atoms with Crippen molar-refractivity contribution >= 4 is 19.0 Å². The van der Waals surface area contributed by atoms with Gasteiger partial charge in [-0.2, -0.15) is 0 Å². The molecule has 0 radical (unpaired) electrons. The number of unbranched alkanes of at least 4 members (excludes halogenated alkanes) is 6. The van der Waals surface area contributed by atoms with E-state index in [9.17, 15) is 0 Å². The van der Waals surface area contributed by atoms with Gasteiger partial charge in [-0.05, 0) is 36.7 Å². The van der Waals surface area contributed by atoms with Gasteiger partial charge in [0.05, 0.1) is 19.5 Å². The van der Waals surface area contributed by atoms with Gasteiger partial charge in [0.1, 0.15) is 34.8 Å². The number of benzene rings is 3. The molecular weight excluding hydrogens is 1240 g/mol. The topological polar surface area (TPSA) is 82.9 Å². The minimum atomic E-state index is -1.03. The first kappa shape index (κ1) is 53.0. The maximum atomic E-state index is 16.1. The van der Waals surface area contributed by atoms with Crippen molar-refractivity contribution in [3.8, 4) is 67.8 Å². The second kappa shape index (κ2) is 29.1. The number of hydrogen-bond acceptors (Lipinski definition) is 7. The van der Waals surface area contributed by atoms with Gasteiger partial charge in [0.25, 0.3) is 0 Å². The Hall–Kier alpha value is -4.57. The molecule has 0 aliphatic carbocycles. The molecule has 0 spiro atoms. The Balaban J connectivity index is 0.000000457. The third-order valence-electron chi connectivity index (χ3n) is 9.59. The Morgan fingerprint density at radius 1 is 0.538 bits per heavy atom. The van der Waals surface area contributed by atoms with Crippen LogP contribution in [0.3, 0.4) is 0 Å². The fourth-order valence-corrected chi connectivity index (χ4v) is 6.32. The van der Waals surface area contributed by atoms with E-state index in [1.165, 1.54) is 41.9 Å². The van der Waals surface area contributed by atoms with E-state index in [-0.39, 0.29) is 58.2 Å². The van der Waals surface area contributed by atoms with Gasteiger partial charge in [-0.25, -0.2) is 17.6 Å². The van der Waals surface area contributed by atoms with Gasteiger partial charge in [-0.3, -0.25) is 19.9 Å². The summed E-state index contributed by atoms with van der Waals surface area (Å²) in [5.74, 6) is -5.12. The molecule has 0 atom stereocenters. The predicted molar refractivity (Wildman–Crippen MR) is 241 cm³/mol. The van der Waals surface area contributed by atoms with E-state index in [0.717, 1.165) is 56.1 Å². The van der Waals surface area contributed by atoms with Crippen LogP contribution in [0.2, 0.25) is 0 Å². The maximum absolute atomic E-state index is 16.1. The zero-order chi connectivity index (χ0) is 47.0. The Morgan fingerprint density at radius 3 is 1.32 bits per heavy atom. The van der Waals surface area contributed by atoms with Gasteiger partial charge in [0, 0.05) is 41.4 Å². The summed E-state index contributed by atoms with van der Waals surface area (Å²) >= 11 is 3.08. The van der Waals surface area contributed by atoms with Crippen LogP contribution in [0.4, 0.5) is 17.6 Å². The molecule has 0 bridgehead atoms. The summed E-state index contributed by atoms with van der Waals surface area (Å²) in [6.07, 6.45) is 12.7. The van der Waals surface area contributed by atoms with E-state index in [0.29, 0.717) is 12.8 Å². The number of halogens is 6. The third-order valence-corrected chi connectivity index (χ3v) is 9.59. The second-order valence-electron chi connectivity index (χ2n) is 14.2. The Kier molecular flexibility index (Phi) is 23.8. The molecule has 0 unspecified atom stereocenters. The summed E-state index contributed by atoms with van der Waals surface area (Å²) in [5.41, 5.74) is 2.88. The number of nitrogens with zero attached hydrogens (tertiary/aromatic N) is 5. The molecule has 0 fully saturated rings. The predicted octanol–water partition coefficient (Wildman–Crippen LogP) is 14.2. The van der Waals surface area contributed by atoms with Crippen molar-refractivity contribution in [3.63, 3.8) is 0 Å². The zero-order valence-electron chi connectivity index (χ0n) is 35.9. The summed E-state index contributed by atoms with van der Waals surface area (Å²) in [4.78, 5) is 21.1. The summed E-state index contributed by atoms with van der Waals surface area (Å²) < 4.78 is 75.0. The first-order valence-corrected chi connectivity index (χ1v) is 26.5. The number of aromatic nitrogens is 5. The van der Waals surface area contributed by atoms with Crippen molar-refractivity contribution in [1.29, 1.82) is 0 Å². The van der Waals surface area contributed by atoms with Crippen LogP contribution in [0.5, 0.6) is 11.5 Å². The molecule has 0 aliphatic rings. The van der Waals surface area contributed by atoms with Gasteiger partial charge < -0.3 is 14.5 Å². The van der Waals surface area contributed by atoms with Gasteiger partial charge in [0.15, 0.2) is 0 Å². The molecule has 0 N–H and O–H groups in total. The molecule has 65 heavy (non-hydrogen) atoms. The number of rotatable bonds is 17. The van der Waals surface area contributed by atoms with Crippen molar-refractivity contribution in [1.82, 2.24) is 24.9 Å². The van der Waals surface area contributed by atoms with Crippen molar-refractivity contribution in [2.75, 3.05) is 13.2 Å². The molecule has 7 rings (SSSR count). The van der Waals surface area contributed by atoms with Crippen molar-refractivity contribution in [3.05, 3.63) is 151 Å². The zero-order valence-corrected chi connectivity index (χ0v) is 42.0. The molecule has 0 saturated carbocycles. The summed E-state index contributed by atoms with van der Waals surface area (Å²) in [5, 5.41) is 0. The second-order valence-corrected chi connectivity index (χ2v) is 14.2. The SMILES string of the molecule is CCCCCCOc1c(F)c(-c2ccccn2)[c-]c(-c2cc(-c3[c-]c(-c4ccccn4)c(F)c(OCCCCCC)c3F)ncn2)c1F.Cc1c[c-]c(-c2ccccn2)cc1.[Cl][Ir+2].[Cl][Pt+]. The van der Waals surface area contributed by atoms with Crippen LogP contribution >= 0.6 is 19.0 Å². The molecule has 4 heterocycles. The summed E-state index contributed by atoms with van der Waals surface area (Å²) in [6, 6.07) is 31.8. The molecule has 3 aromatic carbocycles.